The van der Waals surface area contributed by atoms with Gasteiger partial charge in [0.25, 0.3) is 0 Å². The summed E-state index contributed by atoms with van der Waals surface area (Å²) in [6, 6.07) is 16.1. The van der Waals surface area contributed by atoms with E-state index in [2.05, 4.69) is 24.0 Å². The Labute approximate surface area is 156 Å². The third-order valence-corrected chi connectivity index (χ3v) is 5.43. The molecule has 0 radical (unpaired) electrons. The van der Waals surface area contributed by atoms with Crippen LogP contribution in [-0.2, 0) is 0 Å². The van der Waals surface area contributed by atoms with E-state index in [0.717, 1.165) is 22.5 Å². The van der Waals surface area contributed by atoms with E-state index in [1.165, 1.54) is 16.9 Å². The zero-order chi connectivity index (χ0) is 18.3. The molecular formula is C21H19N3OS. The van der Waals surface area contributed by atoms with Gasteiger partial charge >= 0.3 is 0 Å². The molecule has 0 bridgehead atoms. The maximum atomic E-state index is 10.5. The molecular weight excluding hydrogens is 342 g/mol. The molecule has 130 valence electrons. The van der Waals surface area contributed by atoms with Crippen molar-refractivity contribution in [2.45, 2.75) is 13.8 Å². The fourth-order valence-electron chi connectivity index (χ4n) is 3.12. The average Bonchev–Trinajstić information content (AvgIpc) is 3.21. The van der Waals surface area contributed by atoms with Crippen LogP contribution in [0.3, 0.4) is 0 Å². The van der Waals surface area contributed by atoms with Crippen molar-refractivity contribution in [3.05, 3.63) is 75.8 Å². The zero-order valence-electron chi connectivity index (χ0n) is 14.7. The summed E-state index contributed by atoms with van der Waals surface area (Å²) in [5.41, 5.74) is 5.65. The Morgan fingerprint density at radius 1 is 1.08 bits per heavy atom. The average molecular weight is 361 g/mol. The van der Waals surface area contributed by atoms with Crippen molar-refractivity contribution in [1.82, 2.24) is 4.98 Å². The molecule has 0 atom stereocenters. The number of aliphatic hydroxyl groups excluding tert-OH is 1. The summed E-state index contributed by atoms with van der Waals surface area (Å²) in [5, 5.41) is 21.8. The number of para-hydroxylation sites is 1. The van der Waals surface area contributed by atoms with Gasteiger partial charge in [0.1, 0.15) is 16.6 Å². The highest BCUT2D eigenvalue weighted by molar-refractivity contribution is 7.11. The Balaban J connectivity index is 1.66. The molecule has 2 N–H and O–H groups in total. The third kappa shape index (κ3) is 2.80. The Morgan fingerprint density at radius 2 is 1.81 bits per heavy atom. The fourth-order valence-corrected chi connectivity index (χ4v) is 4.02. The van der Waals surface area contributed by atoms with E-state index in [4.69, 9.17) is 5.41 Å². The molecule has 0 fully saturated rings. The maximum absolute atomic E-state index is 10.5. The maximum Gasteiger partial charge on any atom is 0.139 e. The Morgan fingerprint density at radius 3 is 2.54 bits per heavy atom. The summed E-state index contributed by atoms with van der Waals surface area (Å²) in [4.78, 5) is 6.50. The van der Waals surface area contributed by atoms with E-state index in [9.17, 15) is 5.11 Å². The van der Waals surface area contributed by atoms with Crippen LogP contribution < -0.4 is 4.90 Å². The number of aromatic nitrogens is 1. The number of nitrogens with one attached hydrogen (secondary N) is 1. The highest BCUT2D eigenvalue weighted by Crippen LogP contribution is 2.35. The highest BCUT2D eigenvalue weighted by atomic mass is 32.1. The number of anilines is 1. The summed E-state index contributed by atoms with van der Waals surface area (Å²) >= 11 is 1.46. The van der Waals surface area contributed by atoms with Gasteiger partial charge in [0, 0.05) is 16.6 Å². The zero-order valence-corrected chi connectivity index (χ0v) is 15.5. The van der Waals surface area contributed by atoms with Crippen molar-refractivity contribution in [2.24, 2.45) is 0 Å². The Bertz CT molecular complexity index is 1020. The molecule has 4 rings (SSSR count). The minimum atomic E-state index is 0.197. The van der Waals surface area contributed by atoms with Gasteiger partial charge in [0.15, 0.2) is 0 Å². The van der Waals surface area contributed by atoms with Crippen LogP contribution >= 0.6 is 11.3 Å². The van der Waals surface area contributed by atoms with Crippen LogP contribution in [0, 0.1) is 19.3 Å². The minimum Gasteiger partial charge on any atom is -0.510 e. The molecule has 1 aliphatic heterocycles. The fraction of sp³-hybridized carbons (Fsp3) is 0.143. The number of rotatable bonds is 3. The number of hydrogen-bond acceptors (Lipinski definition) is 4. The van der Waals surface area contributed by atoms with Crippen molar-refractivity contribution < 1.29 is 5.11 Å². The lowest BCUT2D eigenvalue weighted by Gasteiger charge is -2.20. The second-order valence-electron chi connectivity index (χ2n) is 6.45. The number of aryl methyl sites for hydroxylation is 2. The van der Waals surface area contributed by atoms with E-state index in [-0.39, 0.29) is 5.76 Å². The number of nitrogens with zero attached hydrogens (tertiary/aromatic N) is 2. The first-order valence-corrected chi connectivity index (χ1v) is 9.29. The standard InChI is InChI=1S/C21H19N3OS/c1-13-7-9-15(10-8-13)16-12-26-21(23-16)19-18(25)11-24(20(19)22)17-6-4-3-5-14(17)2/h3-10,12,22,25H,11H2,1-2H3. The first kappa shape index (κ1) is 16.5. The Hall–Kier alpha value is -2.92. The van der Waals surface area contributed by atoms with Gasteiger partial charge < -0.3 is 10.0 Å². The second-order valence-corrected chi connectivity index (χ2v) is 7.30. The molecule has 1 aliphatic rings. The summed E-state index contributed by atoms with van der Waals surface area (Å²) in [7, 11) is 0. The van der Waals surface area contributed by atoms with Gasteiger partial charge in [-0.3, -0.25) is 5.41 Å². The lowest BCUT2D eigenvalue weighted by molar-refractivity contribution is 0.411. The normalized spacial score (nSPS) is 14.4. The van der Waals surface area contributed by atoms with Gasteiger partial charge in [-0.1, -0.05) is 48.0 Å². The highest BCUT2D eigenvalue weighted by Gasteiger charge is 2.31. The molecule has 5 heteroatoms. The lowest BCUT2D eigenvalue weighted by atomic mass is 10.1. The number of aliphatic hydroxyl groups is 1. The molecule has 2 heterocycles. The molecule has 0 saturated heterocycles. The molecule has 26 heavy (non-hydrogen) atoms. The first-order chi connectivity index (χ1) is 12.5. The molecule has 0 amide bonds. The molecule has 0 aliphatic carbocycles. The van der Waals surface area contributed by atoms with E-state index < -0.39 is 0 Å². The van der Waals surface area contributed by atoms with Gasteiger partial charge in [-0.05, 0) is 25.5 Å². The van der Waals surface area contributed by atoms with Crippen LogP contribution in [0.1, 0.15) is 16.1 Å². The quantitative estimate of drug-likeness (QED) is 0.674. The van der Waals surface area contributed by atoms with Gasteiger partial charge in [0.05, 0.1) is 17.8 Å². The van der Waals surface area contributed by atoms with Crippen LogP contribution in [0.15, 0.2) is 59.7 Å². The van der Waals surface area contributed by atoms with Crippen LogP contribution in [0.2, 0.25) is 0 Å². The van der Waals surface area contributed by atoms with Gasteiger partial charge in [-0.15, -0.1) is 11.3 Å². The summed E-state index contributed by atoms with van der Waals surface area (Å²) in [6.07, 6.45) is 0. The molecule has 0 unspecified atom stereocenters. The predicted molar refractivity (Wildman–Crippen MR) is 108 cm³/mol. The third-order valence-electron chi connectivity index (χ3n) is 4.57. The van der Waals surface area contributed by atoms with Gasteiger partial charge in [-0.2, -0.15) is 0 Å². The lowest BCUT2D eigenvalue weighted by Crippen LogP contribution is -2.26. The molecule has 3 aromatic rings. The van der Waals surface area contributed by atoms with Crippen molar-refractivity contribution in [2.75, 3.05) is 11.4 Å². The van der Waals surface area contributed by atoms with E-state index in [0.29, 0.717) is 23.0 Å². The van der Waals surface area contributed by atoms with Crippen LogP contribution in [-0.4, -0.2) is 22.5 Å². The largest absolute Gasteiger partial charge is 0.510 e. The number of hydrogen-bond donors (Lipinski definition) is 2. The summed E-state index contributed by atoms with van der Waals surface area (Å²) in [5.74, 6) is 0.490. The number of benzene rings is 2. The smallest absolute Gasteiger partial charge is 0.139 e. The van der Waals surface area contributed by atoms with Crippen molar-refractivity contribution in [1.29, 1.82) is 5.41 Å². The second kappa shape index (κ2) is 6.42. The number of thiazole rings is 1. The van der Waals surface area contributed by atoms with Crippen LogP contribution in [0.5, 0.6) is 0 Å². The summed E-state index contributed by atoms with van der Waals surface area (Å²) < 4.78 is 0. The minimum absolute atomic E-state index is 0.197. The van der Waals surface area contributed by atoms with E-state index >= 15 is 0 Å². The van der Waals surface area contributed by atoms with Crippen LogP contribution in [0.25, 0.3) is 16.8 Å². The SMILES string of the molecule is Cc1ccc(-c2csc(C3=C(O)CN(c4ccccc4C)C3=N)n2)cc1. The molecule has 4 nitrogen and oxygen atoms in total. The van der Waals surface area contributed by atoms with E-state index in [1.807, 2.05) is 53.6 Å². The molecule has 0 saturated carbocycles. The first-order valence-electron chi connectivity index (χ1n) is 8.42. The topological polar surface area (TPSA) is 60.2 Å². The predicted octanol–water partition coefficient (Wildman–Crippen LogP) is 5.19. The van der Waals surface area contributed by atoms with Gasteiger partial charge in [-0.25, -0.2) is 4.98 Å². The molecule has 2 aromatic carbocycles. The Kier molecular flexibility index (Phi) is 4.09. The van der Waals surface area contributed by atoms with Crippen molar-refractivity contribution in [3.8, 4) is 11.3 Å². The van der Waals surface area contributed by atoms with Crippen molar-refractivity contribution in [3.63, 3.8) is 0 Å². The summed E-state index contributed by atoms with van der Waals surface area (Å²) in [6.45, 7) is 4.37. The van der Waals surface area contributed by atoms with E-state index in [1.54, 1.807) is 0 Å². The van der Waals surface area contributed by atoms with Gasteiger partial charge in [0.2, 0.25) is 0 Å². The monoisotopic (exact) mass is 361 g/mol. The number of amidine groups is 1. The van der Waals surface area contributed by atoms with Crippen molar-refractivity contribution >= 4 is 28.4 Å². The molecule has 0 spiro atoms. The molecule has 1 aromatic heterocycles. The van der Waals surface area contributed by atoms with Crippen LogP contribution in [0.4, 0.5) is 5.69 Å².